The molecule has 2 aromatic heterocycles. The van der Waals surface area contributed by atoms with Crippen LogP contribution in [0.5, 0.6) is 5.75 Å². The number of ether oxygens (including phenoxy) is 2. The van der Waals surface area contributed by atoms with Crippen LogP contribution in [0.2, 0.25) is 0 Å². The summed E-state index contributed by atoms with van der Waals surface area (Å²) in [5, 5.41) is 8.79. The molecule has 0 amide bonds. The van der Waals surface area contributed by atoms with Crippen LogP contribution in [0.15, 0.2) is 28.7 Å². The molecule has 0 bridgehead atoms. The van der Waals surface area contributed by atoms with Crippen LogP contribution in [0.3, 0.4) is 0 Å². The fraction of sp³-hybridized carbons (Fsp3) is 0.294. The molecule has 25 heavy (non-hydrogen) atoms. The summed E-state index contributed by atoms with van der Waals surface area (Å²) in [6.45, 7) is 5.31. The van der Waals surface area contributed by atoms with Crippen LogP contribution in [-0.4, -0.2) is 28.3 Å². The van der Waals surface area contributed by atoms with E-state index in [2.05, 4.69) is 15.2 Å². The lowest BCUT2D eigenvalue weighted by Crippen LogP contribution is -2.09. The van der Waals surface area contributed by atoms with Gasteiger partial charge in [-0.05, 0) is 45.0 Å². The number of aromatic nitrogens is 3. The fourth-order valence-electron chi connectivity index (χ4n) is 2.23. The number of rotatable bonds is 5. The highest BCUT2D eigenvalue weighted by Crippen LogP contribution is 2.26. The molecule has 7 nitrogen and oxygen atoms in total. The van der Waals surface area contributed by atoms with Crippen molar-refractivity contribution in [1.82, 2.24) is 15.2 Å². The molecule has 3 aromatic rings. The first-order chi connectivity index (χ1) is 12.0. The van der Waals surface area contributed by atoms with Gasteiger partial charge in [-0.1, -0.05) is 0 Å². The lowest BCUT2D eigenvalue weighted by atomic mass is 10.2. The minimum Gasteiger partial charge on any atom is -0.497 e. The number of aryl methyl sites for hydroxylation is 2. The maximum atomic E-state index is 12.3. The van der Waals surface area contributed by atoms with E-state index in [9.17, 15) is 4.79 Å². The van der Waals surface area contributed by atoms with Gasteiger partial charge >= 0.3 is 5.97 Å². The van der Waals surface area contributed by atoms with Crippen LogP contribution in [-0.2, 0) is 4.74 Å². The molecular formula is C17H17N3O4S. The second-order valence-electron chi connectivity index (χ2n) is 5.37. The largest absolute Gasteiger partial charge is 0.497 e. The van der Waals surface area contributed by atoms with E-state index in [-0.39, 0.29) is 5.89 Å². The highest BCUT2D eigenvalue weighted by atomic mass is 32.1. The molecule has 2 heterocycles. The standard InChI is InChI=1S/C17H17N3O4S/c1-9-14(25-11(3)18-9)17(21)23-10(2)15-19-20-16(24-15)12-5-7-13(22-4)8-6-12/h5-8,10H,1-4H3. The van der Waals surface area contributed by atoms with Crippen LogP contribution >= 0.6 is 11.3 Å². The minimum atomic E-state index is -0.659. The third-order valence-corrected chi connectivity index (χ3v) is 4.55. The fourth-order valence-corrected chi connectivity index (χ4v) is 3.04. The molecule has 8 heteroatoms. The molecule has 1 unspecified atom stereocenters. The summed E-state index contributed by atoms with van der Waals surface area (Å²) in [6.07, 6.45) is -0.659. The highest BCUT2D eigenvalue weighted by molar-refractivity contribution is 7.13. The van der Waals surface area contributed by atoms with E-state index in [4.69, 9.17) is 13.9 Å². The molecule has 0 aliphatic carbocycles. The first kappa shape index (κ1) is 17.1. The molecule has 3 rings (SSSR count). The third-order valence-electron chi connectivity index (χ3n) is 3.50. The number of hydrogen-bond donors (Lipinski definition) is 0. The number of thiazole rings is 1. The van der Waals surface area contributed by atoms with Gasteiger partial charge in [-0.25, -0.2) is 9.78 Å². The summed E-state index contributed by atoms with van der Waals surface area (Å²) in [6, 6.07) is 7.24. The van der Waals surface area contributed by atoms with Crippen molar-refractivity contribution < 1.29 is 18.7 Å². The van der Waals surface area contributed by atoms with Gasteiger partial charge in [0.15, 0.2) is 6.10 Å². The predicted octanol–water partition coefficient (Wildman–Crippen LogP) is 3.74. The molecule has 0 spiro atoms. The number of benzene rings is 1. The molecule has 0 aliphatic rings. The van der Waals surface area contributed by atoms with Crippen molar-refractivity contribution in [3.8, 4) is 17.2 Å². The second-order valence-corrected chi connectivity index (χ2v) is 6.57. The zero-order valence-corrected chi connectivity index (χ0v) is 15.1. The quantitative estimate of drug-likeness (QED) is 0.641. The Balaban J connectivity index is 1.72. The van der Waals surface area contributed by atoms with E-state index in [1.807, 2.05) is 19.1 Å². The van der Waals surface area contributed by atoms with E-state index in [0.717, 1.165) is 16.3 Å². The Morgan fingerprint density at radius 3 is 2.52 bits per heavy atom. The van der Waals surface area contributed by atoms with Gasteiger partial charge in [0.2, 0.25) is 5.89 Å². The molecule has 1 aromatic carbocycles. The molecule has 0 N–H and O–H groups in total. The smallest absolute Gasteiger partial charge is 0.351 e. The van der Waals surface area contributed by atoms with Gasteiger partial charge in [0, 0.05) is 5.56 Å². The monoisotopic (exact) mass is 359 g/mol. The van der Waals surface area contributed by atoms with Crippen molar-refractivity contribution in [2.45, 2.75) is 26.9 Å². The molecule has 1 atom stereocenters. The van der Waals surface area contributed by atoms with Gasteiger partial charge in [-0.2, -0.15) is 0 Å². The van der Waals surface area contributed by atoms with Crippen molar-refractivity contribution in [1.29, 1.82) is 0 Å². The first-order valence-electron chi connectivity index (χ1n) is 7.60. The average Bonchev–Trinajstić information content (AvgIpc) is 3.21. The molecule has 0 radical (unpaired) electrons. The Bertz CT molecular complexity index is 886. The van der Waals surface area contributed by atoms with Crippen molar-refractivity contribution in [3.05, 3.63) is 45.7 Å². The molecule has 130 valence electrons. The Kier molecular flexibility index (Phi) is 4.80. The van der Waals surface area contributed by atoms with Crippen molar-refractivity contribution in [2.75, 3.05) is 7.11 Å². The van der Waals surface area contributed by atoms with E-state index >= 15 is 0 Å². The summed E-state index contributed by atoms with van der Waals surface area (Å²) in [5.41, 5.74) is 1.41. The lowest BCUT2D eigenvalue weighted by molar-refractivity contribution is 0.0284. The maximum absolute atomic E-state index is 12.3. The van der Waals surface area contributed by atoms with Gasteiger partial charge in [-0.3, -0.25) is 0 Å². The Morgan fingerprint density at radius 1 is 1.20 bits per heavy atom. The van der Waals surface area contributed by atoms with E-state index in [1.165, 1.54) is 11.3 Å². The number of methoxy groups -OCH3 is 1. The normalized spacial score (nSPS) is 12.0. The summed E-state index contributed by atoms with van der Waals surface area (Å²) in [5.74, 6) is 0.879. The summed E-state index contributed by atoms with van der Waals surface area (Å²) < 4.78 is 16.2. The number of hydrogen-bond acceptors (Lipinski definition) is 8. The number of esters is 1. The van der Waals surface area contributed by atoms with Crippen LogP contribution in [0.4, 0.5) is 0 Å². The van der Waals surface area contributed by atoms with Crippen LogP contribution < -0.4 is 4.74 Å². The lowest BCUT2D eigenvalue weighted by Gasteiger charge is -2.08. The Morgan fingerprint density at radius 2 is 1.92 bits per heavy atom. The third kappa shape index (κ3) is 3.69. The molecule has 0 fully saturated rings. The SMILES string of the molecule is COc1ccc(-c2nnc(C(C)OC(=O)c3sc(C)nc3C)o2)cc1. The molecule has 0 aliphatic heterocycles. The molecular weight excluding hydrogens is 342 g/mol. The van der Waals surface area contributed by atoms with Crippen molar-refractivity contribution in [2.24, 2.45) is 0 Å². The van der Waals surface area contributed by atoms with E-state index in [0.29, 0.717) is 16.5 Å². The molecule has 0 saturated carbocycles. The Labute approximate surface area is 148 Å². The highest BCUT2D eigenvalue weighted by Gasteiger charge is 2.22. The number of nitrogens with zero attached hydrogens (tertiary/aromatic N) is 3. The van der Waals surface area contributed by atoms with Gasteiger partial charge in [0.05, 0.1) is 17.8 Å². The Hall–Kier alpha value is -2.74. The average molecular weight is 359 g/mol. The zero-order chi connectivity index (χ0) is 18.0. The summed E-state index contributed by atoms with van der Waals surface area (Å²) in [7, 11) is 1.60. The van der Waals surface area contributed by atoms with Gasteiger partial charge in [0.1, 0.15) is 10.6 Å². The van der Waals surface area contributed by atoms with Crippen molar-refractivity contribution in [3.63, 3.8) is 0 Å². The van der Waals surface area contributed by atoms with Crippen molar-refractivity contribution >= 4 is 17.3 Å². The summed E-state index contributed by atoms with van der Waals surface area (Å²) in [4.78, 5) is 17.0. The van der Waals surface area contributed by atoms with Crippen LogP contribution in [0.25, 0.3) is 11.5 Å². The number of carbonyl (C=O) groups excluding carboxylic acids is 1. The van der Waals surface area contributed by atoms with Crippen LogP contribution in [0.1, 0.15) is 39.3 Å². The van der Waals surface area contributed by atoms with Gasteiger partial charge in [0.25, 0.3) is 5.89 Å². The number of carbonyl (C=O) groups is 1. The second kappa shape index (κ2) is 7.02. The summed E-state index contributed by atoms with van der Waals surface area (Å²) >= 11 is 1.30. The molecule has 0 saturated heterocycles. The van der Waals surface area contributed by atoms with E-state index < -0.39 is 12.1 Å². The van der Waals surface area contributed by atoms with Gasteiger partial charge in [-0.15, -0.1) is 21.5 Å². The zero-order valence-electron chi connectivity index (χ0n) is 14.3. The van der Waals surface area contributed by atoms with E-state index in [1.54, 1.807) is 33.1 Å². The maximum Gasteiger partial charge on any atom is 0.351 e. The topological polar surface area (TPSA) is 87.3 Å². The predicted molar refractivity (Wildman–Crippen MR) is 91.7 cm³/mol. The minimum absolute atomic E-state index is 0.234. The van der Waals surface area contributed by atoms with Crippen LogP contribution in [0, 0.1) is 13.8 Å². The first-order valence-corrected chi connectivity index (χ1v) is 8.42. The van der Waals surface area contributed by atoms with Gasteiger partial charge < -0.3 is 13.9 Å².